The maximum absolute atomic E-state index is 5.73. The summed E-state index contributed by atoms with van der Waals surface area (Å²) < 4.78 is 0. The van der Waals surface area contributed by atoms with Crippen LogP contribution >= 0.6 is 0 Å². The van der Waals surface area contributed by atoms with Crippen LogP contribution in [0.4, 0.5) is 5.69 Å². The van der Waals surface area contributed by atoms with Crippen LogP contribution in [0.2, 0.25) is 0 Å². The van der Waals surface area contributed by atoms with Crippen LogP contribution in [-0.4, -0.2) is 20.1 Å². The second kappa shape index (κ2) is 3.04. The van der Waals surface area contributed by atoms with Crippen molar-refractivity contribution in [2.24, 2.45) is 5.73 Å². The number of benzene rings is 1. The molecule has 0 saturated heterocycles. The Labute approximate surface area is 79.4 Å². The van der Waals surface area contributed by atoms with E-state index in [2.05, 4.69) is 37.1 Å². The zero-order valence-electron chi connectivity index (χ0n) is 8.25. The molecule has 0 amide bonds. The topological polar surface area (TPSA) is 29.3 Å². The molecule has 2 heteroatoms. The predicted octanol–water partition coefficient (Wildman–Crippen LogP) is 1.49. The van der Waals surface area contributed by atoms with Crippen molar-refractivity contribution in [1.82, 2.24) is 0 Å². The lowest BCUT2D eigenvalue weighted by atomic mass is 10.00. The fourth-order valence-electron chi connectivity index (χ4n) is 2.08. The third kappa shape index (κ3) is 1.31. The third-order valence-electron chi connectivity index (χ3n) is 2.81. The second-order valence-corrected chi connectivity index (χ2v) is 3.88. The minimum atomic E-state index is 0.528. The van der Waals surface area contributed by atoms with Crippen LogP contribution in [0.3, 0.4) is 0 Å². The highest BCUT2D eigenvalue weighted by molar-refractivity contribution is 5.60. The molecule has 0 aromatic heterocycles. The van der Waals surface area contributed by atoms with Gasteiger partial charge in [0, 0.05) is 31.7 Å². The van der Waals surface area contributed by atoms with E-state index in [0.717, 1.165) is 13.1 Å². The van der Waals surface area contributed by atoms with Crippen molar-refractivity contribution in [2.45, 2.75) is 12.8 Å². The molecular formula is C11H16N2. The summed E-state index contributed by atoms with van der Waals surface area (Å²) in [5, 5.41) is 0. The first-order valence-electron chi connectivity index (χ1n) is 4.74. The van der Waals surface area contributed by atoms with Crippen molar-refractivity contribution in [3.8, 4) is 0 Å². The lowest BCUT2D eigenvalue weighted by molar-refractivity contribution is 0.730. The van der Waals surface area contributed by atoms with Gasteiger partial charge in [-0.15, -0.1) is 0 Å². The summed E-state index contributed by atoms with van der Waals surface area (Å²) in [7, 11) is 2.13. The van der Waals surface area contributed by atoms with E-state index in [4.69, 9.17) is 5.73 Å². The van der Waals surface area contributed by atoms with Crippen molar-refractivity contribution in [1.29, 1.82) is 0 Å². The lowest BCUT2D eigenvalue weighted by Gasteiger charge is -2.11. The van der Waals surface area contributed by atoms with Crippen LogP contribution in [0.5, 0.6) is 0 Å². The average molecular weight is 176 g/mol. The van der Waals surface area contributed by atoms with Crippen LogP contribution in [0, 0.1) is 6.92 Å². The summed E-state index contributed by atoms with van der Waals surface area (Å²) >= 11 is 0. The molecule has 70 valence electrons. The first kappa shape index (κ1) is 8.57. The van der Waals surface area contributed by atoms with Gasteiger partial charge in [-0.1, -0.05) is 17.7 Å². The molecule has 1 aliphatic rings. The Bertz CT molecular complexity index is 320. The number of aryl methyl sites for hydroxylation is 1. The fourth-order valence-corrected chi connectivity index (χ4v) is 2.08. The number of nitrogens with zero attached hydrogens (tertiary/aromatic N) is 1. The van der Waals surface area contributed by atoms with Crippen molar-refractivity contribution < 1.29 is 0 Å². The smallest absolute Gasteiger partial charge is 0.0400 e. The Morgan fingerprint density at radius 3 is 3.00 bits per heavy atom. The maximum atomic E-state index is 5.73. The highest BCUT2D eigenvalue weighted by atomic mass is 15.1. The zero-order chi connectivity index (χ0) is 9.42. The van der Waals surface area contributed by atoms with E-state index in [1.807, 2.05) is 0 Å². The van der Waals surface area contributed by atoms with Crippen LogP contribution in [0.1, 0.15) is 17.0 Å². The first-order valence-corrected chi connectivity index (χ1v) is 4.74. The first-order chi connectivity index (χ1) is 6.22. The van der Waals surface area contributed by atoms with Crippen LogP contribution < -0.4 is 10.6 Å². The summed E-state index contributed by atoms with van der Waals surface area (Å²) in [6.45, 7) is 3.95. The van der Waals surface area contributed by atoms with Gasteiger partial charge in [-0.05, 0) is 18.6 Å². The molecule has 2 nitrogen and oxygen atoms in total. The maximum Gasteiger partial charge on any atom is 0.0400 e. The molecule has 1 aromatic carbocycles. The minimum Gasteiger partial charge on any atom is -0.374 e. The molecule has 13 heavy (non-hydrogen) atoms. The standard InChI is InChI=1S/C11H16N2/c1-8-3-4-11-10(5-8)9(6-12)7-13(11)2/h3-5,9H,6-7,12H2,1-2H3. The van der Waals surface area contributed by atoms with Gasteiger partial charge < -0.3 is 10.6 Å². The van der Waals surface area contributed by atoms with Crippen LogP contribution in [-0.2, 0) is 0 Å². The highest BCUT2D eigenvalue weighted by Crippen LogP contribution is 2.34. The van der Waals surface area contributed by atoms with Gasteiger partial charge >= 0.3 is 0 Å². The Kier molecular flexibility index (Phi) is 2.00. The van der Waals surface area contributed by atoms with E-state index in [0.29, 0.717) is 5.92 Å². The van der Waals surface area contributed by atoms with Gasteiger partial charge in [0.1, 0.15) is 0 Å². The molecule has 0 spiro atoms. The van der Waals surface area contributed by atoms with E-state index in [1.54, 1.807) is 0 Å². The largest absolute Gasteiger partial charge is 0.374 e. The molecule has 1 aromatic rings. The summed E-state index contributed by atoms with van der Waals surface area (Å²) in [6.07, 6.45) is 0. The van der Waals surface area contributed by atoms with E-state index in [-0.39, 0.29) is 0 Å². The molecule has 1 unspecified atom stereocenters. The number of likely N-dealkylation sites (N-methyl/N-ethyl adjacent to an activating group) is 1. The Morgan fingerprint density at radius 2 is 2.31 bits per heavy atom. The molecule has 1 heterocycles. The lowest BCUT2D eigenvalue weighted by Crippen LogP contribution is -2.20. The van der Waals surface area contributed by atoms with Crippen molar-refractivity contribution in [3.05, 3.63) is 29.3 Å². The molecule has 1 aliphatic heterocycles. The molecule has 0 aliphatic carbocycles. The van der Waals surface area contributed by atoms with Gasteiger partial charge in [0.15, 0.2) is 0 Å². The Balaban J connectivity index is 2.46. The molecular weight excluding hydrogens is 160 g/mol. The van der Waals surface area contributed by atoms with Crippen molar-refractivity contribution in [3.63, 3.8) is 0 Å². The SMILES string of the molecule is Cc1ccc2c(c1)C(CN)CN2C. The molecule has 0 saturated carbocycles. The Hall–Kier alpha value is -1.02. The number of nitrogens with two attached hydrogens (primary N) is 1. The molecule has 0 fully saturated rings. The number of rotatable bonds is 1. The number of anilines is 1. The minimum absolute atomic E-state index is 0.528. The van der Waals surface area contributed by atoms with Gasteiger partial charge in [-0.3, -0.25) is 0 Å². The van der Waals surface area contributed by atoms with Gasteiger partial charge in [-0.2, -0.15) is 0 Å². The molecule has 2 rings (SSSR count). The van der Waals surface area contributed by atoms with E-state index >= 15 is 0 Å². The van der Waals surface area contributed by atoms with E-state index in [9.17, 15) is 0 Å². The van der Waals surface area contributed by atoms with E-state index in [1.165, 1.54) is 16.8 Å². The van der Waals surface area contributed by atoms with Crippen LogP contribution in [0.25, 0.3) is 0 Å². The Morgan fingerprint density at radius 1 is 1.54 bits per heavy atom. The number of hydrogen-bond donors (Lipinski definition) is 1. The fraction of sp³-hybridized carbons (Fsp3) is 0.455. The zero-order valence-corrected chi connectivity index (χ0v) is 8.25. The summed E-state index contributed by atoms with van der Waals surface area (Å²) in [5.41, 5.74) is 9.83. The molecule has 0 bridgehead atoms. The number of fused-ring (bicyclic) bond motifs is 1. The molecule has 1 atom stereocenters. The monoisotopic (exact) mass is 176 g/mol. The summed E-state index contributed by atoms with van der Waals surface area (Å²) in [4.78, 5) is 2.28. The average Bonchev–Trinajstić information content (AvgIpc) is 2.42. The van der Waals surface area contributed by atoms with Gasteiger partial charge in [0.05, 0.1) is 0 Å². The number of hydrogen-bond acceptors (Lipinski definition) is 2. The van der Waals surface area contributed by atoms with E-state index < -0.39 is 0 Å². The summed E-state index contributed by atoms with van der Waals surface area (Å²) in [5.74, 6) is 0.528. The third-order valence-corrected chi connectivity index (χ3v) is 2.81. The highest BCUT2D eigenvalue weighted by Gasteiger charge is 2.24. The van der Waals surface area contributed by atoms with Crippen LogP contribution in [0.15, 0.2) is 18.2 Å². The van der Waals surface area contributed by atoms with Gasteiger partial charge in [0.25, 0.3) is 0 Å². The van der Waals surface area contributed by atoms with Crippen molar-refractivity contribution in [2.75, 3.05) is 25.0 Å². The van der Waals surface area contributed by atoms with Gasteiger partial charge in [0.2, 0.25) is 0 Å². The quantitative estimate of drug-likeness (QED) is 0.702. The normalized spacial score (nSPS) is 20.5. The molecule has 0 radical (unpaired) electrons. The van der Waals surface area contributed by atoms with Gasteiger partial charge in [-0.25, -0.2) is 0 Å². The van der Waals surface area contributed by atoms with Crippen molar-refractivity contribution >= 4 is 5.69 Å². The predicted molar refractivity (Wildman–Crippen MR) is 56.2 cm³/mol. The molecule has 2 N–H and O–H groups in total. The summed E-state index contributed by atoms with van der Waals surface area (Å²) in [6, 6.07) is 6.62. The second-order valence-electron chi connectivity index (χ2n) is 3.88.